The van der Waals surface area contributed by atoms with Crippen molar-refractivity contribution in [3.63, 3.8) is 0 Å². The molecule has 24 heavy (non-hydrogen) atoms. The number of piperazine rings is 1. The van der Waals surface area contributed by atoms with Gasteiger partial charge in [0.2, 0.25) is 0 Å². The van der Waals surface area contributed by atoms with Crippen LogP contribution < -0.4 is 5.32 Å². The average molecular weight is 327 g/mol. The Labute approximate surface area is 142 Å². The number of aromatic nitrogens is 2. The summed E-state index contributed by atoms with van der Waals surface area (Å²) in [5, 5.41) is 9.76. The molecule has 0 radical (unpaired) electrons. The molecule has 1 fully saturated rings. The third kappa shape index (κ3) is 4.01. The summed E-state index contributed by atoms with van der Waals surface area (Å²) in [6.45, 7) is 6.42. The number of nitrogens with one attached hydrogen (secondary N) is 2. The Kier molecular flexibility index (Phi) is 5.27. The Morgan fingerprint density at radius 1 is 1.33 bits per heavy atom. The summed E-state index contributed by atoms with van der Waals surface area (Å²) in [6, 6.07) is 12.7. The molecule has 1 aromatic carbocycles. The maximum atomic E-state index is 12.1. The van der Waals surface area contributed by atoms with Crippen LogP contribution in [0.1, 0.15) is 27.8 Å². The van der Waals surface area contributed by atoms with Crippen molar-refractivity contribution in [2.24, 2.45) is 0 Å². The lowest BCUT2D eigenvalue weighted by Gasteiger charge is -2.40. The van der Waals surface area contributed by atoms with Crippen LogP contribution in [0, 0.1) is 6.92 Å². The Bertz CT molecular complexity index is 669. The van der Waals surface area contributed by atoms with Gasteiger partial charge in [-0.3, -0.25) is 14.8 Å². The van der Waals surface area contributed by atoms with Crippen LogP contribution in [-0.4, -0.2) is 65.7 Å². The molecule has 0 bridgehead atoms. The van der Waals surface area contributed by atoms with Crippen molar-refractivity contribution >= 4 is 5.91 Å². The van der Waals surface area contributed by atoms with Crippen LogP contribution >= 0.6 is 0 Å². The van der Waals surface area contributed by atoms with E-state index in [2.05, 4.69) is 56.6 Å². The van der Waals surface area contributed by atoms with E-state index in [1.165, 1.54) is 5.56 Å². The number of carbonyl (C=O) groups is 1. The number of likely N-dealkylation sites (N-methyl/N-ethyl adjacent to an activating group) is 1. The maximum absolute atomic E-state index is 12.1. The number of hydrogen-bond donors (Lipinski definition) is 2. The fourth-order valence-corrected chi connectivity index (χ4v) is 3.15. The number of hydrogen-bond acceptors (Lipinski definition) is 4. The van der Waals surface area contributed by atoms with Crippen molar-refractivity contribution < 1.29 is 4.79 Å². The summed E-state index contributed by atoms with van der Waals surface area (Å²) in [6.07, 6.45) is 0. The van der Waals surface area contributed by atoms with Crippen LogP contribution in [-0.2, 0) is 0 Å². The van der Waals surface area contributed by atoms with Crippen LogP contribution in [0.3, 0.4) is 0 Å². The fourth-order valence-electron chi connectivity index (χ4n) is 3.15. The first-order valence-electron chi connectivity index (χ1n) is 8.41. The van der Waals surface area contributed by atoms with Gasteiger partial charge in [0.05, 0.1) is 0 Å². The monoisotopic (exact) mass is 327 g/mol. The van der Waals surface area contributed by atoms with Gasteiger partial charge in [-0.2, -0.15) is 5.10 Å². The zero-order chi connectivity index (χ0) is 16.9. The first-order valence-corrected chi connectivity index (χ1v) is 8.41. The topological polar surface area (TPSA) is 64.3 Å². The van der Waals surface area contributed by atoms with Crippen molar-refractivity contribution in [1.82, 2.24) is 25.3 Å². The van der Waals surface area contributed by atoms with E-state index in [1.54, 1.807) is 6.07 Å². The van der Waals surface area contributed by atoms with E-state index in [0.717, 1.165) is 31.9 Å². The van der Waals surface area contributed by atoms with E-state index in [1.807, 2.05) is 13.0 Å². The number of carbonyl (C=O) groups excluding carboxylic acids is 1. The van der Waals surface area contributed by atoms with Crippen molar-refractivity contribution in [2.75, 3.05) is 39.8 Å². The molecule has 1 aliphatic heterocycles. The largest absolute Gasteiger partial charge is 0.349 e. The molecule has 2 N–H and O–H groups in total. The summed E-state index contributed by atoms with van der Waals surface area (Å²) in [7, 11) is 2.16. The molecule has 2 aromatic rings. The van der Waals surface area contributed by atoms with Crippen LogP contribution in [0.2, 0.25) is 0 Å². The molecule has 1 aliphatic rings. The average Bonchev–Trinajstić information content (AvgIpc) is 3.03. The van der Waals surface area contributed by atoms with Crippen LogP contribution in [0.25, 0.3) is 0 Å². The molecular formula is C18H25N5O. The quantitative estimate of drug-likeness (QED) is 0.872. The van der Waals surface area contributed by atoms with Gasteiger partial charge in [0.15, 0.2) is 0 Å². The molecule has 6 heteroatoms. The number of benzene rings is 1. The number of rotatable bonds is 5. The maximum Gasteiger partial charge on any atom is 0.271 e. The number of H-pyrrole nitrogens is 1. The van der Waals surface area contributed by atoms with Crippen molar-refractivity contribution in [3.05, 3.63) is 53.3 Å². The van der Waals surface area contributed by atoms with Gasteiger partial charge in [-0.15, -0.1) is 0 Å². The molecule has 1 atom stereocenters. The summed E-state index contributed by atoms with van der Waals surface area (Å²) in [4.78, 5) is 16.9. The summed E-state index contributed by atoms with van der Waals surface area (Å²) >= 11 is 0. The highest BCUT2D eigenvalue weighted by atomic mass is 16.1. The SMILES string of the molecule is Cc1cc(C(=O)NCCN2CCN(C)CC2c2ccccc2)n[nH]1. The Balaban J connectivity index is 1.57. The first kappa shape index (κ1) is 16.7. The van der Waals surface area contributed by atoms with Gasteiger partial charge in [-0.05, 0) is 25.6 Å². The minimum atomic E-state index is -0.121. The van der Waals surface area contributed by atoms with E-state index in [9.17, 15) is 4.79 Å². The highest BCUT2D eigenvalue weighted by Crippen LogP contribution is 2.24. The highest BCUT2D eigenvalue weighted by molar-refractivity contribution is 5.92. The highest BCUT2D eigenvalue weighted by Gasteiger charge is 2.26. The molecule has 3 rings (SSSR count). The lowest BCUT2D eigenvalue weighted by molar-refractivity contribution is 0.0840. The predicted octanol–water partition coefficient (Wildman–Crippen LogP) is 1.44. The zero-order valence-corrected chi connectivity index (χ0v) is 14.3. The second-order valence-electron chi connectivity index (χ2n) is 6.42. The molecule has 0 spiro atoms. The van der Waals surface area contributed by atoms with E-state index >= 15 is 0 Å². The Morgan fingerprint density at radius 2 is 2.12 bits per heavy atom. The Morgan fingerprint density at radius 3 is 2.83 bits per heavy atom. The third-order valence-corrected chi connectivity index (χ3v) is 4.50. The summed E-state index contributed by atoms with van der Waals surface area (Å²) in [5.41, 5.74) is 2.67. The van der Waals surface area contributed by atoms with Gasteiger partial charge in [0.1, 0.15) is 5.69 Å². The summed E-state index contributed by atoms with van der Waals surface area (Å²) in [5.74, 6) is -0.121. The van der Waals surface area contributed by atoms with Gasteiger partial charge >= 0.3 is 0 Å². The van der Waals surface area contributed by atoms with E-state index < -0.39 is 0 Å². The van der Waals surface area contributed by atoms with Crippen LogP contribution in [0.5, 0.6) is 0 Å². The minimum absolute atomic E-state index is 0.121. The van der Waals surface area contributed by atoms with Gasteiger partial charge in [0, 0.05) is 44.5 Å². The van der Waals surface area contributed by atoms with Crippen molar-refractivity contribution in [1.29, 1.82) is 0 Å². The van der Waals surface area contributed by atoms with Crippen LogP contribution in [0.4, 0.5) is 0 Å². The Hall–Kier alpha value is -2.18. The molecule has 1 unspecified atom stereocenters. The molecule has 1 aromatic heterocycles. The standard InChI is InChI=1S/C18H25N5O/c1-14-12-16(21-20-14)18(24)19-8-9-23-11-10-22(2)13-17(23)15-6-4-3-5-7-15/h3-7,12,17H,8-11,13H2,1-2H3,(H,19,24)(H,20,21). The van der Waals surface area contributed by atoms with E-state index in [0.29, 0.717) is 18.3 Å². The normalized spacial score (nSPS) is 19.3. The molecule has 128 valence electrons. The van der Waals surface area contributed by atoms with Crippen molar-refractivity contribution in [3.8, 4) is 0 Å². The molecule has 6 nitrogen and oxygen atoms in total. The van der Waals surface area contributed by atoms with Gasteiger partial charge < -0.3 is 10.2 Å². The molecule has 0 saturated carbocycles. The predicted molar refractivity (Wildman–Crippen MR) is 93.9 cm³/mol. The molecule has 2 heterocycles. The second-order valence-corrected chi connectivity index (χ2v) is 6.42. The lowest BCUT2D eigenvalue weighted by Crippen LogP contribution is -2.49. The molecule has 1 amide bonds. The minimum Gasteiger partial charge on any atom is -0.349 e. The van der Waals surface area contributed by atoms with Gasteiger partial charge in [0.25, 0.3) is 5.91 Å². The second kappa shape index (κ2) is 7.59. The van der Waals surface area contributed by atoms with E-state index in [4.69, 9.17) is 0 Å². The molecule has 1 saturated heterocycles. The fraction of sp³-hybridized carbons (Fsp3) is 0.444. The number of nitrogens with zero attached hydrogens (tertiary/aromatic N) is 3. The number of amides is 1. The van der Waals surface area contributed by atoms with E-state index in [-0.39, 0.29) is 5.91 Å². The van der Waals surface area contributed by atoms with Gasteiger partial charge in [-0.1, -0.05) is 30.3 Å². The number of aryl methyl sites for hydroxylation is 1. The molecular weight excluding hydrogens is 302 g/mol. The molecule has 0 aliphatic carbocycles. The van der Waals surface area contributed by atoms with Crippen molar-refractivity contribution in [2.45, 2.75) is 13.0 Å². The zero-order valence-electron chi connectivity index (χ0n) is 14.3. The first-order chi connectivity index (χ1) is 11.6. The van der Waals surface area contributed by atoms with Crippen LogP contribution in [0.15, 0.2) is 36.4 Å². The summed E-state index contributed by atoms with van der Waals surface area (Å²) < 4.78 is 0. The lowest BCUT2D eigenvalue weighted by atomic mass is 10.0. The third-order valence-electron chi connectivity index (χ3n) is 4.50. The smallest absolute Gasteiger partial charge is 0.271 e. The number of aromatic amines is 1. The van der Waals surface area contributed by atoms with Gasteiger partial charge in [-0.25, -0.2) is 0 Å².